The summed E-state index contributed by atoms with van der Waals surface area (Å²) in [6.45, 7) is 5.19. The number of carbonyl (C=O) groups is 2. The topological polar surface area (TPSA) is 61.4 Å². The predicted molar refractivity (Wildman–Crippen MR) is 105 cm³/mol. The fourth-order valence-corrected chi connectivity index (χ4v) is 3.06. The molecule has 0 spiro atoms. The van der Waals surface area contributed by atoms with E-state index in [1.165, 1.54) is 5.56 Å². The van der Waals surface area contributed by atoms with Crippen LogP contribution in [-0.4, -0.2) is 30.9 Å². The second kappa shape index (κ2) is 8.04. The second-order valence-electron chi connectivity index (χ2n) is 6.71. The predicted octanol–water partition coefficient (Wildman–Crippen LogP) is 3.22. The van der Waals surface area contributed by atoms with Gasteiger partial charge in [0.15, 0.2) is 0 Å². The number of anilines is 2. The number of carbonyl (C=O) groups excluding carboxylic acids is 2. The lowest BCUT2D eigenvalue weighted by Crippen LogP contribution is -2.32. The Morgan fingerprint density at radius 3 is 2.58 bits per heavy atom. The smallest absolute Gasteiger partial charge is 0.251 e. The van der Waals surface area contributed by atoms with Crippen LogP contribution in [0.5, 0.6) is 0 Å². The first-order valence-corrected chi connectivity index (χ1v) is 9.10. The van der Waals surface area contributed by atoms with Crippen LogP contribution >= 0.6 is 0 Å². The molecule has 0 bridgehead atoms. The molecule has 0 aliphatic carbocycles. The van der Waals surface area contributed by atoms with Crippen molar-refractivity contribution in [3.8, 4) is 0 Å². The zero-order valence-electron chi connectivity index (χ0n) is 15.3. The molecule has 2 amide bonds. The third kappa shape index (κ3) is 4.23. The largest absolute Gasteiger partial charge is 0.362 e. The highest BCUT2D eigenvalue weighted by Gasteiger charge is 2.20. The van der Waals surface area contributed by atoms with Gasteiger partial charge in [0.25, 0.3) is 5.91 Å². The monoisotopic (exact) mass is 351 g/mol. The highest BCUT2D eigenvalue weighted by Crippen LogP contribution is 2.27. The van der Waals surface area contributed by atoms with Crippen LogP contribution in [0, 0.1) is 0 Å². The van der Waals surface area contributed by atoms with Gasteiger partial charge in [-0.3, -0.25) is 9.59 Å². The van der Waals surface area contributed by atoms with E-state index in [0.29, 0.717) is 17.8 Å². The number of hydrogen-bond acceptors (Lipinski definition) is 3. The molecule has 0 fully saturated rings. The normalized spacial score (nSPS) is 13.8. The molecule has 0 saturated carbocycles. The van der Waals surface area contributed by atoms with Gasteiger partial charge in [-0.1, -0.05) is 25.1 Å². The fraction of sp³-hybridized carbons (Fsp3) is 0.333. The number of rotatable bonds is 6. The van der Waals surface area contributed by atoms with Gasteiger partial charge in [0.2, 0.25) is 5.91 Å². The zero-order valence-corrected chi connectivity index (χ0v) is 15.3. The molecule has 136 valence electrons. The third-order valence-corrected chi connectivity index (χ3v) is 4.74. The van der Waals surface area contributed by atoms with Gasteiger partial charge in [0.05, 0.1) is 6.54 Å². The van der Waals surface area contributed by atoms with Crippen LogP contribution in [0.1, 0.15) is 36.2 Å². The lowest BCUT2D eigenvalue weighted by molar-refractivity contribution is -0.115. The summed E-state index contributed by atoms with van der Waals surface area (Å²) < 4.78 is 0. The summed E-state index contributed by atoms with van der Waals surface area (Å²) in [6, 6.07) is 15.3. The Kier molecular flexibility index (Phi) is 5.56. The molecule has 1 unspecified atom stereocenters. The van der Waals surface area contributed by atoms with Crippen LogP contribution in [-0.2, 0) is 11.2 Å². The third-order valence-electron chi connectivity index (χ3n) is 4.74. The van der Waals surface area contributed by atoms with Crippen LogP contribution in [0.25, 0.3) is 0 Å². The second-order valence-corrected chi connectivity index (χ2v) is 6.71. The first-order valence-electron chi connectivity index (χ1n) is 9.10. The highest BCUT2D eigenvalue weighted by molar-refractivity contribution is 5.97. The highest BCUT2D eigenvalue weighted by atomic mass is 16.2. The van der Waals surface area contributed by atoms with E-state index in [1.54, 1.807) is 24.3 Å². The Hall–Kier alpha value is -2.82. The summed E-state index contributed by atoms with van der Waals surface area (Å²) in [5, 5.41) is 5.84. The van der Waals surface area contributed by atoms with E-state index in [0.717, 1.165) is 25.1 Å². The van der Waals surface area contributed by atoms with Crippen molar-refractivity contribution >= 4 is 23.2 Å². The van der Waals surface area contributed by atoms with E-state index >= 15 is 0 Å². The standard InChI is InChI=1S/C21H25N3O2/c1-3-15(2)22-21(26)17-8-10-18(11-9-17)23-20(25)14-24-13-12-16-6-4-5-7-19(16)24/h4-11,15H,3,12-14H2,1-2H3,(H,22,26)(H,23,25). The molecular formula is C21H25N3O2. The number of hydrogen-bond donors (Lipinski definition) is 2. The van der Waals surface area contributed by atoms with Crippen molar-refractivity contribution in [3.63, 3.8) is 0 Å². The van der Waals surface area contributed by atoms with Crippen LogP contribution in [0.4, 0.5) is 11.4 Å². The lowest BCUT2D eigenvalue weighted by atomic mass is 10.1. The lowest BCUT2D eigenvalue weighted by Gasteiger charge is -2.18. The Labute approximate surface area is 154 Å². The van der Waals surface area contributed by atoms with Crippen LogP contribution in [0.2, 0.25) is 0 Å². The van der Waals surface area contributed by atoms with Crippen LogP contribution in [0.15, 0.2) is 48.5 Å². The summed E-state index contributed by atoms with van der Waals surface area (Å²) in [6.07, 6.45) is 1.86. The van der Waals surface area contributed by atoms with Gasteiger partial charge in [-0.25, -0.2) is 0 Å². The van der Waals surface area contributed by atoms with Gasteiger partial charge >= 0.3 is 0 Å². The minimum absolute atomic E-state index is 0.0569. The van der Waals surface area contributed by atoms with Crippen molar-refractivity contribution in [3.05, 3.63) is 59.7 Å². The molecule has 1 aliphatic heterocycles. The molecular weight excluding hydrogens is 326 g/mol. The van der Waals surface area contributed by atoms with Gasteiger partial charge in [0.1, 0.15) is 0 Å². The minimum Gasteiger partial charge on any atom is -0.362 e. The first kappa shape index (κ1) is 18.0. The van der Waals surface area contributed by atoms with E-state index in [-0.39, 0.29) is 17.9 Å². The number of para-hydroxylation sites is 1. The number of amides is 2. The van der Waals surface area contributed by atoms with Crippen molar-refractivity contribution < 1.29 is 9.59 Å². The van der Waals surface area contributed by atoms with Crippen molar-refractivity contribution in [1.82, 2.24) is 5.32 Å². The fourth-order valence-electron chi connectivity index (χ4n) is 3.06. The quantitative estimate of drug-likeness (QED) is 0.840. The summed E-state index contributed by atoms with van der Waals surface area (Å²) in [5.41, 5.74) is 3.72. The summed E-state index contributed by atoms with van der Waals surface area (Å²) in [7, 11) is 0. The zero-order chi connectivity index (χ0) is 18.5. The molecule has 1 heterocycles. The van der Waals surface area contributed by atoms with Crippen LogP contribution in [0.3, 0.4) is 0 Å². The van der Waals surface area contributed by atoms with E-state index < -0.39 is 0 Å². The first-order chi connectivity index (χ1) is 12.6. The molecule has 26 heavy (non-hydrogen) atoms. The van der Waals surface area contributed by atoms with Crippen molar-refractivity contribution in [2.75, 3.05) is 23.3 Å². The average molecular weight is 351 g/mol. The van der Waals surface area contributed by atoms with E-state index in [1.807, 2.05) is 26.0 Å². The summed E-state index contributed by atoms with van der Waals surface area (Å²) in [4.78, 5) is 26.5. The summed E-state index contributed by atoms with van der Waals surface area (Å²) in [5.74, 6) is -0.149. The van der Waals surface area contributed by atoms with Crippen molar-refractivity contribution in [2.45, 2.75) is 32.7 Å². The van der Waals surface area contributed by atoms with Crippen molar-refractivity contribution in [1.29, 1.82) is 0 Å². The summed E-state index contributed by atoms with van der Waals surface area (Å²) >= 11 is 0. The Morgan fingerprint density at radius 2 is 1.85 bits per heavy atom. The molecule has 0 radical (unpaired) electrons. The van der Waals surface area contributed by atoms with Crippen molar-refractivity contribution in [2.24, 2.45) is 0 Å². The SMILES string of the molecule is CCC(C)NC(=O)c1ccc(NC(=O)CN2CCc3ccccc32)cc1. The molecule has 1 aliphatic rings. The average Bonchev–Trinajstić information content (AvgIpc) is 3.05. The number of fused-ring (bicyclic) bond motifs is 1. The maximum absolute atomic E-state index is 12.3. The van der Waals surface area contributed by atoms with Crippen LogP contribution < -0.4 is 15.5 Å². The molecule has 3 rings (SSSR count). The van der Waals surface area contributed by atoms with E-state index in [2.05, 4.69) is 27.7 Å². The van der Waals surface area contributed by atoms with Gasteiger partial charge in [-0.05, 0) is 55.7 Å². The van der Waals surface area contributed by atoms with Gasteiger partial charge in [-0.2, -0.15) is 0 Å². The molecule has 2 aromatic rings. The number of benzene rings is 2. The molecule has 1 atom stereocenters. The molecule has 5 heteroatoms. The molecule has 2 N–H and O–H groups in total. The maximum atomic E-state index is 12.3. The van der Waals surface area contributed by atoms with Gasteiger partial charge in [0, 0.05) is 29.5 Å². The molecule has 0 saturated heterocycles. The Balaban J connectivity index is 1.56. The number of nitrogens with one attached hydrogen (secondary N) is 2. The number of nitrogens with zero attached hydrogens (tertiary/aromatic N) is 1. The molecule has 0 aromatic heterocycles. The molecule has 5 nitrogen and oxygen atoms in total. The Bertz CT molecular complexity index is 786. The minimum atomic E-state index is -0.0918. The van der Waals surface area contributed by atoms with Gasteiger partial charge in [-0.15, -0.1) is 0 Å². The Morgan fingerprint density at radius 1 is 1.12 bits per heavy atom. The van der Waals surface area contributed by atoms with Gasteiger partial charge < -0.3 is 15.5 Å². The molecule has 2 aromatic carbocycles. The maximum Gasteiger partial charge on any atom is 0.251 e. The van der Waals surface area contributed by atoms with E-state index in [4.69, 9.17) is 0 Å². The van der Waals surface area contributed by atoms with E-state index in [9.17, 15) is 9.59 Å².